The summed E-state index contributed by atoms with van der Waals surface area (Å²) in [6.45, 7) is 2.18. The van der Waals surface area contributed by atoms with Gasteiger partial charge in [-0.1, -0.05) is 37.0 Å². The molecule has 2 unspecified atom stereocenters. The van der Waals surface area contributed by atoms with Crippen LogP contribution in [0.3, 0.4) is 0 Å². The highest BCUT2D eigenvalue weighted by atomic mass is 16.5. The lowest BCUT2D eigenvalue weighted by molar-refractivity contribution is -0.124. The Bertz CT molecular complexity index is 444. The number of aliphatic hydroxyl groups excluding tert-OH is 1. The Balaban J connectivity index is 1.81. The zero-order valence-corrected chi connectivity index (χ0v) is 12.7. The molecule has 0 spiro atoms. The van der Waals surface area contributed by atoms with E-state index in [0.29, 0.717) is 5.75 Å². The maximum absolute atomic E-state index is 12.0. The summed E-state index contributed by atoms with van der Waals surface area (Å²) in [5.74, 6) is 0.770. The molecule has 116 valence electrons. The number of aliphatic hydroxyl groups is 1. The van der Waals surface area contributed by atoms with Crippen LogP contribution in [0, 0.1) is 12.8 Å². The number of ether oxygens (including phenoxy) is 1. The minimum atomic E-state index is -0.110. The first-order chi connectivity index (χ1) is 10.2. The first-order valence-electron chi connectivity index (χ1n) is 7.78. The Labute approximate surface area is 126 Å². The highest BCUT2D eigenvalue weighted by molar-refractivity contribution is 5.77. The van der Waals surface area contributed by atoms with Crippen LogP contribution in [0.5, 0.6) is 5.75 Å². The minimum absolute atomic E-state index is 0.0255. The summed E-state index contributed by atoms with van der Waals surface area (Å²) >= 11 is 0. The van der Waals surface area contributed by atoms with Gasteiger partial charge >= 0.3 is 0 Å². The molecule has 1 aromatic carbocycles. The molecule has 0 aliphatic heterocycles. The van der Waals surface area contributed by atoms with Gasteiger partial charge in [0.1, 0.15) is 5.75 Å². The average molecular weight is 291 g/mol. The smallest absolute Gasteiger partial charge is 0.258 e. The Morgan fingerprint density at radius 2 is 1.95 bits per heavy atom. The molecule has 2 N–H and O–H groups in total. The first kappa shape index (κ1) is 15.8. The second-order valence-corrected chi connectivity index (χ2v) is 5.86. The number of aryl methyl sites for hydroxylation is 1. The number of nitrogens with one attached hydrogen (secondary N) is 1. The predicted octanol–water partition coefficient (Wildman–Crippen LogP) is 2.43. The lowest BCUT2D eigenvalue weighted by atomic mass is 9.95. The molecule has 1 saturated carbocycles. The topological polar surface area (TPSA) is 58.6 Å². The molecule has 2 rings (SSSR count). The maximum Gasteiger partial charge on any atom is 0.258 e. The van der Waals surface area contributed by atoms with Crippen molar-refractivity contribution < 1.29 is 14.6 Å². The van der Waals surface area contributed by atoms with Gasteiger partial charge in [-0.05, 0) is 31.9 Å². The molecule has 1 aliphatic rings. The SMILES string of the molecule is Cc1ccc(OCC(=O)NC2CCCCCC2CO)cc1. The van der Waals surface area contributed by atoms with Gasteiger partial charge in [-0.3, -0.25) is 4.79 Å². The highest BCUT2D eigenvalue weighted by Gasteiger charge is 2.24. The van der Waals surface area contributed by atoms with Crippen molar-refractivity contribution in [2.45, 2.75) is 45.1 Å². The molecule has 0 bridgehead atoms. The lowest BCUT2D eigenvalue weighted by Crippen LogP contribution is -2.43. The number of hydrogen-bond donors (Lipinski definition) is 2. The molecule has 0 saturated heterocycles. The molecule has 4 nitrogen and oxygen atoms in total. The van der Waals surface area contributed by atoms with E-state index in [0.717, 1.165) is 31.2 Å². The molecule has 4 heteroatoms. The van der Waals surface area contributed by atoms with Gasteiger partial charge in [-0.15, -0.1) is 0 Å². The van der Waals surface area contributed by atoms with Crippen molar-refractivity contribution in [1.29, 1.82) is 0 Å². The van der Waals surface area contributed by atoms with Crippen molar-refractivity contribution in [2.24, 2.45) is 5.92 Å². The van der Waals surface area contributed by atoms with E-state index in [-0.39, 0.29) is 31.1 Å². The second kappa shape index (κ2) is 8.03. The van der Waals surface area contributed by atoms with E-state index < -0.39 is 0 Å². The normalized spacial score (nSPS) is 22.4. The van der Waals surface area contributed by atoms with Crippen molar-refractivity contribution in [1.82, 2.24) is 5.32 Å². The van der Waals surface area contributed by atoms with Gasteiger partial charge in [-0.25, -0.2) is 0 Å². The van der Waals surface area contributed by atoms with Gasteiger partial charge in [0.15, 0.2) is 6.61 Å². The third-order valence-corrected chi connectivity index (χ3v) is 4.13. The van der Waals surface area contributed by atoms with Gasteiger partial charge < -0.3 is 15.2 Å². The van der Waals surface area contributed by atoms with Crippen LogP contribution in [-0.4, -0.2) is 30.3 Å². The first-order valence-corrected chi connectivity index (χ1v) is 7.78. The number of carbonyl (C=O) groups is 1. The summed E-state index contributed by atoms with van der Waals surface area (Å²) in [6, 6.07) is 7.72. The largest absolute Gasteiger partial charge is 0.484 e. The van der Waals surface area contributed by atoms with Crippen molar-refractivity contribution in [2.75, 3.05) is 13.2 Å². The Hall–Kier alpha value is -1.55. The van der Waals surface area contributed by atoms with Crippen LogP contribution in [0.1, 0.15) is 37.7 Å². The third kappa shape index (κ3) is 5.05. The Morgan fingerprint density at radius 1 is 1.24 bits per heavy atom. The number of carbonyl (C=O) groups excluding carboxylic acids is 1. The van der Waals surface area contributed by atoms with Gasteiger partial charge in [0.2, 0.25) is 0 Å². The summed E-state index contributed by atoms with van der Waals surface area (Å²) in [6.07, 6.45) is 5.36. The van der Waals surface area contributed by atoms with Crippen molar-refractivity contribution >= 4 is 5.91 Å². The van der Waals surface area contributed by atoms with Gasteiger partial charge in [-0.2, -0.15) is 0 Å². The monoisotopic (exact) mass is 291 g/mol. The Kier molecular flexibility index (Phi) is 6.05. The van der Waals surface area contributed by atoms with Gasteiger partial charge in [0.05, 0.1) is 0 Å². The van der Waals surface area contributed by atoms with Crippen molar-refractivity contribution in [3.63, 3.8) is 0 Å². The quantitative estimate of drug-likeness (QED) is 0.819. The fraction of sp³-hybridized carbons (Fsp3) is 0.588. The van der Waals surface area contributed by atoms with Crippen LogP contribution in [0.2, 0.25) is 0 Å². The molecule has 1 aliphatic carbocycles. The van der Waals surface area contributed by atoms with Crippen LogP contribution >= 0.6 is 0 Å². The van der Waals surface area contributed by atoms with Crippen LogP contribution in [0.15, 0.2) is 24.3 Å². The predicted molar refractivity (Wildman–Crippen MR) is 82.3 cm³/mol. The third-order valence-electron chi connectivity index (χ3n) is 4.13. The average Bonchev–Trinajstić information content (AvgIpc) is 2.71. The zero-order valence-electron chi connectivity index (χ0n) is 12.7. The van der Waals surface area contributed by atoms with Gasteiger partial charge in [0, 0.05) is 18.6 Å². The number of rotatable bonds is 5. The molecule has 21 heavy (non-hydrogen) atoms. The van der Waals surface area contributed by atoms with E-state index >= 15 is 0 Å². The molecule has 0 radical (unpaired) electrons. The van der Waals surface area contributed by atoms with Gasteiger partial charge in [0.25, 0.3) is 5.91 Å². The molecule has 1 aromatic rings. The molecular weight excluding hydrogens is 266 g/mol. The second-order valence-electron chi connectivity index (χ2n) is 5.86. The summed E-state index contributed by atoms with van der Waals surface area (Å²) in [5.41, 5.74) is 1.16. The maximum atomic E-state index is 12.0. The highest BCUT2D eigenvalue weighted by Crippen LogP contribution is 2.23. The molecule has 0 heterocycles. The number of benzene rings is 1. The lowest BCUT2D eigenvalue weighted by Gasteiger charge is -2.24. The number of amides is 1. The van der Waals surface area contributed by atoms with E-state index in [1.165, 1.54) is 6.42 Å². The van der Waals surface area contributed by atoms with E-state index in [1.54, 1.807) is 0 Å². The zero-order chi connectivity index (χ0) is 15.1. The van der Waals surface area contributed by atoms with E-state index in [9.17, 15) is 9.90 Å². The van der Waals surface area contributed by atoms with Crippen LogP contribution in [0.25, 0.3) is 0 Å². The fourth-order valence-electron chi connectivity index (χ4n) is 2.82. The fourth-order valence-corrected chi connectivity index (χ4v) is 2.82. The molecule has 1 amide bonds. The minimum Gasteiger partial charge on any atom is -0.484 e. The van der Waals surface area contributed by atoms with Crippen LogP contribution in [-0.2, 0) is 4.79 Å². The molecule has 1 fully saturated rings. The van der Waals surface area contributed by atoms with Crippen LogP contribution in [0.4, 0.5) is 0 Å². The van der Waals surface area contributed by atoms with Crippen molar-refractivity contribution in [3.8, 4) is 5.75 Å². The summed E-state index contributed by atoms with van der Waals surface area (Å²) in [5, 5.41) is 12.5. The summed E-state index contributed by atoms with van der Waals surface area (Å²) in [7, 11) is 0. The number of hydrogen-bond acceptors (Lipinski definition) is 3. The van der Waals surface area contributed by atoms with E-state index in [1.807, 2.05) is 31.2 Å². The van der Waals surface area contributed by atoms with E-state index in [2.05, 4.69) is 5.32 Å². The summed E-state index contributed by atoms with van der Waals surface area (Å²) < 4.78 is 5.49. The summed E-state index contributed by atoms with van der Waals surface area (Å²) in [4.78, 5) is 12.0. The molecule has 2 atom stereocenters. The molecular formula is C17H25NO3. The molecule has 0 aromatic heterocycles. The Morgan fingerprint density at radius 3 is 2.67 bits per heavy atom. The standard InChI is InChI=1S/C17H25NO3/c1-13-7-9-15(10-8-13)21-12-17(20)18-16-6-4-2-3-5-14(16)11-19/h7-10,14,16,19H,2-6,11-12H2,1H3,(H,18,20). The van der Waals surface area contributed by atoms with Crippen LogP contribution < -0.4 is 10.1 Å². The van der Waals surface area contributed by atoms with E-state index in [4.69, 9.17) is 4.74 Å². The van der Waals surface area contributed by atoms with Crippen molar-refractivity contribution in [3.05, 3.63) is 29.8 Å².